The highest BCUT2D eigenvalue weighted by molar-refractivity contribution is 6.30. The third-order valence-electron chi connectivity index (χ3n) is 6.02. The Morgan fingerprint density at radius 2 is 1.70 bits per heavy atom. The molecule has 2 aromatic carbocycles. The Bertz CT molecular complexity index is 772. The zero-order chi connectivity index (χ0) is 21.6. The molecule has 30 heavy (non-hydrogen) atoms. The van der Waals surface area contributed by atoms with E-state index in [1.807, 2.05) is 48.5 Å². The Labute approximate surface area is 185 Å². The van der Waals surface area contributed by atoms with Gasteiger partial charge in [-0.3, -0.25) is 4.90 Å². The van der Waals surface area contributed by atoms with E-state index in [0.717, 1.165) is 56.1 Å². The molecule has 5 heteroatoms. The SMILES string of the molecule is CCCOc1ccc(C(O)(C(C)C)C(CN2CCOCC2)c2ccc(Cl)cc2)cc1. The van der Waals surface area contributed by atoms with Crippen LogP contribution in [0.5, 0.6) is 5.75 Å². The van der Waals surface area contributed by atoms with Crippen LogP contribution in [-0.2, 0) is 10.3 Å². The van der Waals surface area contributed by atoms with Gasteiger partial charge in [-0.05, 0) is 47.7 Å². The molecule has 0 aliphatic carbocycles. The summed E-state index contributed by atoms with van der Waals surface area (Å²) in [5.41, 5.74) is 0.970. The van der Waals surface area contributed by atoms with Crippen LogP contribution in [-0.4, -0.2) is 49.5 Å². The molecule has 0 radical (unpaired) electrons. The molecule has 1 aliphatic rings. The van der Waals surface area contributed by atoms with Gasteiger partial charge < -0.3 is 14.6 Å². The third kappa shape index (κ3) is 5.36. The third-order valence-corrected chi connectivity index (χ3v) is 6.27. The minimum atomic E-state index is -1.03. The van der Waals surface area contributed by atoms with Crippen LogP contribution < -0.4 is 4.74 Å². The second-order valence-corrected chi connectivity index (χ2v) is 8.81. The lowest BCUT2D eigenvalue weighted by Gasteiger charge is -2.43. The minimum absolute atomic E-state index is 0.0154. The maximum Gasteiger partial charge on any atom is 0.119 e. The summed E-state index contributed by atoms with van der Waals surface area (Å²) in [5, 5.41) is 12.9. The molecular formula is C25H34ClNO3. The van der Waals surface area contributed by atoms with E-state index in [9.17, 15) is 5.11 Å². The van der Waals surface area contributed by atoms with Crippen molar-refractivity contribution in [3.05, 3.63) is 64.7 Å². The number of rotatable bonds is 9. The lowest BCUT2D eigenvalue weighted by atomic mass is 9.70. The van der Waals surface area contributed by atoms with Crippen LogP contribution in [0.3, 0.4) is 0 Å². The maximum atomic E-state index is 12.2. The molecular weight excluding hydrogens is 398 g/mol. The molecule has 1 aliphatic heterocycles. The highest BCUT2D eigenvalue weighted by Crippen LogP contribution is 2.44. The van der Waals surface area contributed by atoms with Crippen molar-refractivity contribution < 1.29 is 14.6 Å². The zero-order valence-electron chi connectivity index (χ0n) is 18.3. The van der Waals surface area contributed by atoms with Crippen molar-refractivity contribution in [3.8, 4) is 5.75 Å². The molecule has 1 fully saturated rings. The van der Waals surface area contributed by atoms with Gasteiger partial charge in [-0.15, -0.1) is 0 Å². The molecule has 4 nitrogen and oxygen atoms in total. The molecule has 0 aromatic heterocycles. The van der Waals surface area contributed by atoms with Crippen LogP contribution >= 0.6 is 11.6 Å². The summed E-state index contributed by atoms with van der Waals surface area (Å²) in [5.74, 6) is 0.750. The normalized spacial score (nSPS) is 18.2. The lowest BCUT2D eigenvalue weighted by Crippen LogP contribution is -2.47. The quantitative estimate of drug-likeness (QED) is 0.600. The second-order valence-electron chi connectivity index (χ2n) is 8.37. The Morgan fingerprint density at radius 1 is 1.07 bits per heavy atom. The Hall–Kier alpha value is -1.59. The van der Waals surface area contributed by atoms with Gasteiger partial charge in [0.1, 0.15) is 5.75 Å². The molecule has 3 rings (SSSR count). The number of hydrogen-bond acceptors (Lipinski definition) is 4. The van der Waals surface area contributed by atoms with Crippen LogP contribution in [0, 0.1) is 5.92 Å². The first-order valence-corrected chi connectivity index (χ1v) is 11.3. The highest BCUT2D eigenvalue weighted by Gasteiger charge is 2.43. The Balaban J connectivity index is 1.97. The number of morpholine rings is 1. The molecule has 0 bridgehead atoms. The number of nitrogens with zero attached hydrogens (tertiary/aromatic N) is 1. The van der Waals surface area contributed by atoms with E-state index < -0.39 is 5.60 Å². The lowest BCUT2D eigenvalue weighted by molar-refractivity contribution is -0.0547. The summed E-state index contributed by atoms with van der Waals surface area (Å²) in [6.45, 7) is 10.9. The van der Waals surface area contributed by atoms with Gasteiger partial charge in [0.25, 0.3) is 0 Å². The van der Waals surface area contributed by atoms with Crippen LogP contribution in [0.15, 0.2) is 48.5 Å². The molecule has 2 unspecified atom stereocenters. The largest absolute Gasteiger partial charge is 0.494 e. The van der Waals surface area contributed by atoms with Crippen LogP contribution in [0.2, 0.25) is 5.02 Å². The molecule has 1 N–H and O–H groups in total. The van der Waals surface area contributed by atoms with Gasteiger partial charge in [-0.1, -0.05) is 56.6 Å². The van der Waals surface area contributed by atoms with Crippen molar-refractivity contribution in [2.45, 2.75) is 38.7 Å². The number of ether oxygens (including phenoxy) is 2. The fourth-order valence-corrected chi connectivity index (χ4v) is 4.34. The van der Waals surface area contributed by atoms with E-state index in [1.54, 1.807) is 0 Å². The fraction of sp³-hybridized carbons (Fsp3) is 0.520. The van der Waals surface area contributed by atoms with Gasteiger partial charge in [0.15, 0.2) is 0 Å². The maximum absolute atomic E-state index is 12.2. The summed E-state index contributed by atoms with van der Waals surface area (Å²) >= 11 is 6.16. The van der Waals surface area contributed by atoms with Gasteiger partial charge in [-0.25, -0.2) is 0 Å². The molecule has 0 saturated carbocycles. The first-order chi connectivity index (χ1) is 14.4. The van der Waals surface area contributed by atoms with E-state index in [2.05, 4.69) is 25.7 Å². The van der Waals surface area contributed by atoms with Crippen LogP contribution in [0.25, 0.3) is 0 Å². The van der Waals surface area contributed by atoms with Crippen LogP contribution in [0.4, 0.5) is 0 Å². The van der Waals surface area contributed by atoms with E-state index in [0.29, 0.717) is 11.6 Å². The summed E-state index contributed by atoms with van der Waals surface area (Å²) in [7, 11) is 0. The summed E-state index contributed by atoms with van der Waals surface area (Å²) < 4.78 is 11.3. The molecule has 1 heterocycles. The average molecular weight is 432 g/mol. The first kappa shape index (κ1) is 23.1. The topological polar surface area (TPSA) is 41.9 Å². The molecule has 2 aromatic rings. The van der Waals surface area contributed by atoms with Crippen molar-refractivity contribution >= 4 is 11.6 Å². The fourth-order valence-electron chi connectivity index (χ4n) is 4.21. The first-order valence-electron chi connectivity index (χ1n) is 11.0. The monoisotopic (exact) mass is 431 g/mol. The summed E-state index contributed by atoms with van der Waals surface area (Å²) in [6, 6.07) is 15.8. The van der Waals surface area contributed by atoms with Gasteiger partial charge >= 0.3 is 0 Å². The van der Waals surface area contributed by atoms with E-state index in [1.165, 1.54) is 0 Å². The van der Waals surface area contributed by atoms with E-state index in [-0.39, 0.29) is 11.8 Å². The smallest absolute Gasteiger partial charge is 0.119 e. The number of aliphatic hydroxyl groups is 1. The molecule has 2 atom stereocenters. The second kappa shape index (κ2) is 10.6. The Morgan fingerprint density at radius 3 is 2.27 bits per heavy atom. The van der Waals surface area contributed by atoms with Crippen LogP contribution in [0.1, 0.15) is 44.2 Å². The molecule has 0 spiro atoms. The zero-order valence-corrected chi connectivity index (χ0v) is 19.1. The van der Waals surface area contributed by atoms with Gasteiger partial charge in [0.05, 0.1) is 25.4 Å². The highest BCUT2D eigenvalue weighted by atomic mass is 35.5. The Kier molecular flexibility index (Phi) is 8.18. The van der Waals surface area contributed by atoms with E-state index in [4.69, 9.17) is 21.1 Å². The van der Waals surface area contributed by atoms with Crippen molar-refractivity contribution in [3.63, 3.8) is 0 Å². The molecule has 164 valence electrons. The molecule has 1 saturated heterocycles. The van der Waals surface area contributed by atoms with Gasteiger partial charge in [-0.2, -0.15) is 0 Å². The predicted molar refractivity (Wildman–Crippen MR) is 122 cm³/mol. The summed E-state index contributed by atoms with van der Waals surface area (Å²) in [4.78, 5) is 2.38. The van der Waals surface area contributed by atoms with Crippen molar-refractivity contribution in [2.75, 3.05) is 39.5 Å². The van der Waals surface area contributed by atoms with Crippen molar-refractivity contribution in [1.29, 1.82) is 0 Å². The molecule has 0 amide bonds. The van der Waals surface area contributed by atoms with Crippen molar-refractivity contribution in [1.82, 2.24) is 4.90 Å². The standard InChI is InChI=1S/C25H34ClNO3/c1-4-15-30-23-11-7-21(8-12-23)25(28,19(2)3)24(18-27-13-16-29-17-14-27)20-5-9-22(26)10-6-20/h5-12,19,24,28H,4,13-18H2,1-3H3. The number of halogens is 1. The van der Waals surface area contributed by atoms with E-state index >= 15 is 0 Å². The minimum Gasteiger partial charge on any atom is -0.494 e. The van der Waals surface area contributed by atoms with Gasteiger partial charge in [0, 0.05) is 30.6 Å². The number of benzene rings is 2. The predicted octanol–water partition coefficient (Wildman–Crippen LogP) is 5.09. The summed E-state index contributed by atoms with van der Waals surface area (Å²) in [6.07, 6.45) is 0.968. The van der Waals surface area contributed by atoms with Crippen molar-refractivity contribution in [2.24, 2.45) is 5.92 Å². The average Bonchev–Trinajstić information content (AvgIpc) is 2.77. The van der Waals surface area contributed by atoms with Gasteiger partial charge in [0.2, 0.25) is 0 Å². The number of hydrogen-bond donors (Lipinski definition) is 1.